The first-order valence-corrected chi connectivity index (χ1v) is 5.57. The zero-order chi connectivity index (χ0) is 12.5. The van der Waals surface area contributed by atoms with Crippen molar-refractivity contribution in [1.29, 1.82) is 0 Å². The molecule has 1 rings (SSSR count). The smallest absolute Gasteiger partial charge is 0.339 e. The lowest BCUT2D eigenvalue weighted by Crippen LogP contribution is -2.12. The highest BCUT2D eigenvalue weighted by atomic mass is 35.6. The first kappa shape index (κ1) is 13.7. The van der Waals surface area contributed by atoms with Gasteiger partial charge in [-0.1, -0.05) is 40.9 Å². The van der Waals surface area contributed by atoms with Crippen molar-refractivity contribution in [2.75, 3.05) is 0 Å². The van der Waals surface area contributed by atoms with Crippen LogP contribution in [0.4, 0.5) is 0 Å². The van der Waals surface area contributed by atoms with Crippen LogP contribution in [-0.4, -0.2) is 20.0 Å². The van der Waals surface area contributed by atoms with Crippen molar-refractivity contribution in [2.45, 2.75) is 9.17 Å². The molecule has 16 heavy (non-hydrogen) atoms. The maximum atomic E-state index is 10.7. The van der Waals surface area contributed by atoms with E-state index in [1.165, 1.54) is 12.1 Å². The third-order valence-corrected chi connectivity index (χ3v) is 3.40. The number of hydrogen-bond donors (Lipinski definition) is 2. The molecule has 0 saturated heterocycles. The van der Waals surface area contributed by atoms with Gasteiger partial charge in [-0.15, -0.1) is 11.6 Å². The van der Waals surface area contributed by atoms with Gasteiger partial charge in [0.05, 0.1) is 0 Å². The molecule has 2 N–H and O–H groups in total. The third kappa shape index (κ3) is 3.08. The van der Waals surface area contributed by atoms with Crippen LogP contribution >= 0.6 is 46.4 Å². The molecule has 1 aromatic rings. The van der Waals surface area contributed by atoms with E-state index in [-0.39, 0.29) is 11.3 Å². The molecule has 3 nitrogen and oxygen atoms in total. The molecule has 0 radical (unpaired) electrons. The number of aromatic carboxylic acids is 1. The van der Waals surface area contributed by atoms with Crippen LogP contribution in [0, 0.1) is 0 Å². The van der Waals surface area contributed by atoms with Crippen molar-refractivity contribution in [3.05, 3.63) is 29.3 Å². The number of alkyl halides is 4. The van der Waals surface area contributed by atoms with Gasteiger partial charge in [0.2, 0.25) is 3.79 Å². The van der Waals surface area contributed by atoms with Gasteiger partial charge < -0.3 is 10.2 Å². The van der Waals surface area contributed by atoms with E-state index in [9.17, 15) is 9.90 Å². The number of phenols is 1. The van der Waals surface area contributed by atoms with E-state index in [0.717, 1.165) is 6.07 Å². The van der Waals surface area contributed by atoms with E-state index in [4.69, 9.17) is 51.5 Å². The summed E-state index contributed by atoms with van der Waals surface area (Å²) in [7, 11) is 0. The van der Waals surface area contributed by atoms with Crippen LogP contribution in [0.25, 0.3) is 0 Å². The summed E-state index contributed by atoms with van der Waals surface area (Å²) in [5.41, 5.74) is 0.00858. The minimum Gasteiger partial charge on any atom is -0.507 e. The van der Waals surface area contributed by atoms with E-state index < -0.39 is 15.1 Å². The van der Waals surface area contributed by atoms with E-state index >= 15 is 0 Å². The van der Waals surface area contributed by atoms with Crippen LogP contribution in [0.5, 0.6) is 5.75 Å². The number of carboxylic acid groups (broad SMARTS) is 1. The molecule has 0 spiro atoms. The lowest BCUT2D eigenvalue weighted by molar-refractivity contribution is 0.0693. The van der Waals surface area contributed by atoms with Crippen molar-refractivity contribution in [2.24, 2.45) is 0 Å². The highest BCUT2D eigenvalue weighted by Crippen LogP contribution is 2.44. The molecule has 0 amide bonds. The van der Waals surface area contributed by atoms with Gasteiger partial charge in [0.1, 0.15) is 16.7 Å². The van der Waals surface area contributed by atoms with Crippen LogP contribution in [0.15, 0.2) is 18.2 Å². The van der Waals surface area contributed by atoms with Crippen LogP contribution in [0.1, 0.15) is 21.3 Å². The first-order valence-electron chi connectivity index (χ1n) is 4.00. The second kappa shape index (κ2) is 4.88. The van der Waals surface area contributed by atoms with E-state index in [1.807, 2.05) is 0 Å². The SMILES string of the molecule is O=C(O)c1cc(C(Cl)C(Cl)(Cl)Cl)ccc1O. The van der Waals surface area contributed by atoms with Crippen molar-refractivity contribution >= 4 is 52.4 Å². The molecule has 1 aromatic carbocycles. The monoisotopic (exact) mass is 302 g/mol. The van der Waals surface area contributed by atoms with Crippen LogP contribution in [-0.2, 0) is 0 Å². The fourth-order valence-electron chi connectivity index (χ4n) is 1.07. The largest absolute Gasteiger partial charge is 0.507 e. The maximum Gasteiger partial charge on any atom is 0.339 e. The number of aromatic hydroxyl groups is 1. The van der Waals surface area contributed by atoms with Crippen molar-refractivity contribution in [3.8, 4) is 5.75 Å². The minimum atomic E-state index is -1.76. The Morgan fingerprint density at radius 1 is 1.31 bits per heavy atom. The van der Waals surface area contributed by atoms with Gasteiger partial charge >= 0.3 is 5.97 Å². The third-order valence-electron chi connectivity index (χ3n) is 1.83. The molecular weight excluding hydrogens is 298 g/mol. The molecule has 0 aliphatic carbocycles. The normalized spacial score (nSPS) is 13.5. The second-order valence-electron chi connectivity index (χ2n) is 2.99. The fraction of sp³-hybridized carbons (Fsp3) is 0.222. The first-order chi connectivity index (χ1) is 7.23. The van der Waals surface area contributed by atoms with Gasteiger partial charge in [0.15, 0.2) is 0 Å². The molecule has 0 aromatic heterocycles. The lowest BCUT2D eigenvalue weighted by atomic mass is 10.1. The average molecular weight is 304 g/mol. The molecule has 0 fully saturated rings. The standard InChI is InChI=1S/C9H6Cl4O3/c10-7(9(11,12)13)4-1-2-6(14)5(3-4)8(15)16/h1-3,7,14H,(H,15,16). The van der Waals surface area contributed by atoms with Gasteiger partial charge in [-0.3, -0.25) is 0 Å². The summed E-state index contributed by atoms with van der Waals surface area (Å²) in [6, 6.07) is 3.74. The quantitative estimate of drug-likeness (QED) is 0.818. The molecule has 1 atom stereocenters. The molecule has 88 valence electrons. The minimum absolute atomic E-state index is 0.294. The lowest BCUT2D eigenvalue weighted by Gasteiger charge is -2.18. The van der Waals surface area contributed by atoms with Crippen LogP contribution < -0.4 is 0 Å². The Morgan fingerprint density at radius 2 is 1.88 bits per heavy atom. The van der Waals surface area contributed by atoms with E-state index in [2.05, 4.69) is 0 Å². The van der Waals surface area contributed by atoms with E-state index in [0.29, 0.717) is 5.56 Å². The zero-order valence-corrected chi connectivity index (χ0v) is 10.6. The Labute approximate surface area is 111 Å². The summed E-state index contributed by atoms with van der Waals surface area (Å²) in [5, 5.41) is 17.0. The van der Waals surface area contributed by atoms with Gasteiger partial charge in [-0.25, -0.2) is 4.79 Å². The Morgan fingerprint density at radius 3 is 2.31 bits per heavy atom. The van der Waals surface area contributed by atoms with Gasteiger partial charge in [-0.05, 0) is 17.7 Å². The summed E-state index contributed by atoms with van der Waals surface area (Å²) in [4.78, 5) is 10.7. The number of benzene rings is 1. The predicted molar refractivity (Wildman–Crippen MR) is 64.0 cm³/mol. The molecule has 0 aliphatic heterocycles. The molecule has 1 unspecified atom stereocenters. The van der Waals surface area contributed by atoms with Gasteiger partial charge in [0, 0.05) is 0 Å². The number of hydrogen-bond acceptors (Lipinski definition) is 2. The van der Waals surface area contributed by atoms with E-state index in [1.54, 1.807) is 0 Å². The molecular formula is C9H6Cl4O3. The van der Waals surface area contributed by atoms with Gasteiger partial charge in [0.25, 0.3) is 0 Å². The highest BCUT2D eigenvalue weighted by molar-refractivity contribution is 6.70. The maximum absolute atomic E-state index is 10.7. The number of halogens is 4. The number of carbonyl (C=O) groups is 1. The molecule has 0 bridgehead atoms. The number of carboxylic acids is 1. The molecule has 0 aliphatic rings. The Bertz CT molecular complexity index is 414. The summed E-state index contributed by atoms with van der Waals surface area (Å²) in [5.74, 6) is -1.66. The highest BCUT2D eigenvalue weighted by Gasteiger charge is 2.32. The van der Waals surface area contributed by atoms with Crippen molar-refractivity contribution < 1.29 is 15.0 Å². The number of rotatable bonds is 2. The molecule has 0 saturated carbocycles. The summed E-state index contributed by atoms with van der Waals surface area (Å²) >= 11 is 22.6. The Balaban J connectivity index is 3.18. The van der Waals surface area contributed by atoms with Crippen LogP contribution in [0.3, 0.4) is 0 Å². The molecule has 0 heterocycles. The van der Waals surface area contributed by atoms with Crippen molar-refractivity contribution in [3.63, 3.8) is 0 Å². The summed E-state index contributed by atoms with van der Waals surface area (Å²) in [6.07, 6.45) is 0. The van der Waals surface area contributed by atoms with Crippen molar-refractivity contribution in [1.82, 2.24) is 0 Å². The van der Waals surface area contributed by atoms with Gasteiger partial charge in [-0.2, -0.15) is 0 Å². The zero-order valence-electron chi connectivity index (χ0n) is 7.62. The average Bonchev–Trinajstić information content (AvgIpc) is 2.15. The summed E-state index contributed by atoms with van der Waals surface area (Å²) in [6.45, 7) is 0. The van der Waals surface area contributed by atoms with Crippen LogP contribution in [0.2, 0.25) is 0 Å². The Kier molecular flexibility index (Phi) is 4.18. The predicted octanol–water partition coefficient (Wildman–Crippen LogP) is 3.74. The second-order valence-corrected chi connectivity index (χ2v) is 5.79. The molecule has 7 heteroatoms. The topological polar surface area (TPSA) is 57.5 Å². The summed E-state index contributed by atoms with van der Waals surface area (Å²) < 4.78 is -1.76. The fourth-order valence-corrected chi connectivity index (χ4v) is 1.59. The Hall–Kier alpha value is -0.350.